The average Bonchev–Trinajstić information content (AvgIpc) is 2.60. The highest BCUT2D eigenvalue weighted by molar-refractivity contribution is 7.89. The number of nitrogens with zero attached hydrogens (tertiary/aromatic N) is 1. The van der Waals surface area contributed by atoms with Crippen molar-refractivity contribution >= 4 is 10.0 Å². The monoisotopic (exact) mass is 344 g/mol. The number of ether oxygens (including phenoxy) is 1. The molecule has 0 saturated carbocycles. The van der Waals surface area contributed by atoms with Crippen molar-refractivity contribution in [2.75, 3.05) is 12.9 Å². The van der Waals surface area contributed by atoms with Crippen LogP contribution in [0.2, 0.25) is 0 Å². The SMILES string of the molecule is CO[C@H](C)CS(=O)(=O)NCc1ccc(-c2ccccc2C#N)cc1. The first-order valence-electron chi connectivity index (χ1n) is 7.54. The summed E-state index contributed by atoms with van der Waals surface area (Å²) in [6.45, 7) is 1.93. The van der Waals surface area contributed by atoms with Gasteiger partial charge in [-0.2, -0.15) is 5.26 Å². The molecule has 0 radical (unpaired) electrons. The van der Waals surface area contributed by atoms with Gasteiger partial charge >= 0.3 is 0 Å². The van der Waals surface area contributed by atoms with Crippen LogP contribution in [0.3, 0.4) is 0 Å². The van der Waals surface area contributed by atoms with Crippen LogP contribution in [0.15, 0.2) is 48.5 Å². The van der Waals surface area contributed by atoms with Crippen LogP contribution in [-0.4, -0.2) is 27.4 Å². The Balaban J connectivity index is 2.07. The number of hydrogen-bond acceptors (Lipinski definition) is 4. The molecule has 0 bridgehead atoms. The zero-order chi connectivity index (χ0) is 17.6. The first-order chi connectivity index (χ1) is 11.4. The van der Waals surface area contributed by atoms with E-state index in [0.717, 1.165) is 16.7 Å². The standard InChI is InChI=1S/C18H20N2O3S/c1-14(23-2)13-24(21,22)20-12-15-7-9-16(10-8-15)18-6-4-3-5-17(18)11-19/h3-10,14,20H,12-13H2,1-2H3/t14-/m1/s1. The molecular formula is C18H20N2O3S. The van der Waals surface area contributed by atoms with Crippen LogP contribution in [0.5, 0.6) is 0 Å². The van der Waals surface area contributed by atoms with E-state index in [1.807, 2.05) is 42.5 Å². The lowest BCUT2D eigenvalue weighted by atomic mass is 9.99. The van der Waals surface area contributed by atoms with Gasteiger partial charge in [-0.05, 0) is 29.7 Å². The number of benzene rings is 2. The summed E-state index contributed by atoms with van der Waals surface area (Å²) in [5.41, 5.74) is 3.24. The topological polar surface area (TPSA) is 79.2 Å². The fraction of sp³-hybridized carbons (Fsp3) is 0.278. The van der Waals surface area contributed by atoms with Gasteiger partial charge in [-0.15, -0.1) is 0 Å². The number of sulfonamides is 1. The van der Waals surface area contributed by atoms with Crippen molar-refractivity contribution in [1.29, 1.82) is 5.26 Å². The zero-order valence-electron chi connectivity index (χ0n) is 13.7. The molecule has 2 rings (SSSR count). The predicted octanol–water partition coefficient (Wildman–Crippen LogP) is 2.68. The number of methoxy groups -OCH3 is 1. The quantitative estimate of drug-likeness (QED) is 0.837. The molecule has 126 valence electrons. The van der Waals surface area contributed by atoms with E-state index in [4.69, 9.17) is 10.00 Å². The number of rotatable bonds is 7. The van der Waals surface area contributed by atoms with Gasteiger partial charge in [0, 0.05) is 13.7 Å². The summed E-state index contributed by atoms with van der Waals surface area (Å²) in [6.07, 6.45) is -0.354. The highest BCUT2D eigenvalue weighted by atomic mass is 32.2. The minimum Gasteiger partial charge on any atom is -0.381 e. The average molecular weight is 344 g/mol. The van der Waals surface area contributed by atoms with Crippen LogP contribution in [0.4, 0.5) is 0 Å². The minimum atomic E-state index is -3.38. The lowest BCUT2D eigenvalue weighted by molar-refractivity contribution is 0.136. The molecule has 5 nitrogen and oxygen atoms in total. The third-order valence-corrected chi connectivity index (χ3v) is 5.16. The van der Waals surface area contributed by atoms with Crippen molar-refractivity contribution in [2.45, 2.75) is 19.6 Å². The lowest BCUT2D eigenvalue weighted by Gasteiger charge is -2.11. The lowest BCUT2D eigenvalue weighted by Crippen LogP contribution is -2.31. The largest absolute Gasteiger partial charge is 0.381 e. The molecule has 0 fully saturated rings. The molecular weight excluding hydrogens is 324 g/mol. The minimum absolute atomic E-state index is 0.0723. The van der Waals surface area contributed by atoms with E-state index in [0.29, 0.717) is 5.56 Å². The van der Waals surface area contributed by atoms with Crippen molar-refractivity contribution in [3.05, 3.63) is 59.7 Å². The van der Waals surface area contributed by atoms with Crippen LogP contribution < -0.4 is 4.72 Å². The van der Waals surface area contributed by atoms with Gasteiger partial charge < -0.3 is 4.74 Å². The van der Waals surface area contributed by atoms with E-state index < -0.39 is 10.0 Å². The zero-order valence-corrected chi connectivity index (χ0v) is 14.5. The summed E-state index contributed by atoms with van der Waals surface area (Å²) < 4.78 is 31.4. The number of hydrogen-bond donors (Lipinski definition) is 1. The number of nitrogens with one attached hydrogen (secondary N) is 1. The van der Waals surface area contributed by atoms with Crippen LogP contribution in [0.25, 0.3) is 11.1 Å². The van der Waals surface area contributed by atoms with Gasteiger partial charge in [-0.1, -0.05) is 42.5 Å². The Morgan fingerprint density at radius 3 is 2.46 bits per heavy atom. The first-order valence-corrected chi connectivity index (χ1v) is 9.19. The maximum atomic E-state index is 11.9. The third kappa shape index (κ3) is 4.90. The maximum absolute atomic E-state index is 11.9. The highest BCUT2D eigenvalue weighted by Crippen LogP contribution is 2.23. The molecule has 6 heteroatoms. The molecule has 1 atom stereocenters. The molecule has 0 heterocycles. The Hall–Kier alpha value is -2.20. The van der Waals surface area contributed by atoms with E-state index >= 15 is 0 Å². The normalized spacial score (nSPS) is 12.5. The van der Waals surface area contributed by atoms with Gasteiger partial charge in [-0.3, -0.25) is 0 Å². The Kier molecular flexibility index (Phi) is 6.10. The Labute approximate surface area is 142 Å². The maximum Gasteiger partial charge on any atom is 0.214 e. The van der Waals surface area contributed by atoms with Gasteiger partial charge in [0.15, 0.2) is 0 Å². The molecule has 0 aliphatic carbocycles. The molecule has 0 spiro atoms. The highest BCUT2D eigenvalue weighted by Gasteiger charge is 2.14. The smallest absolute Gasteiger partial charge is 0.214 e. The molecule has 2 aromatic rings. The summed E-state index contributed by atoms with van der Waals surface area (Å²) in [4.78, 5) is 0. The van der Waals surface area contributed by atoms with Crippen molar-refractivity contribution in [3.63, 3.8) is 0 Å². The van der Waals surface area contributed by atoms with E-state index in [-0.39, 0.29) is 18.4 Å². The summed E-state index contributed by atoms with van der Waals surface area (Å²) >= 11 is 0. The van der Waals surface area contributed by atoms with E-state index in [2.05, 4.69) is 10.8 Å². The molecule has 0 amide bonds. The fourth-order valence-electron chi connectivity index (χ4n) is 2.26. The summed E-state index contributed by atoms with van der Waals surface area (Å²) in [5, 5.41) is 9.16. The fourth-order valence-corrected chi connectivity index (χ4v) is 3.52. The molecule has 0 unspecified atom stereocenters. The van der Waals surface area contributed by atoms with Crippen molar-refractivity contribution < 1.29 is 13.2 Å². The van der Waals surface area contributed by atoms with Gasteiger partial charge in [-0.25, -0.2) is 13.1 Å². The van der Waals surface area contributed by atoms with E-state index in [1.54, 1.807) is 13.0 Å². The van der Waals surface area contributed by atoms with Crippen LogP contribution in [0, 0.1) is 11.3 Å². The summed E-state index contributed by atoms with van der Waals surface area (Å²) in [5.74, 6) is -0.0723. The van der Waals surface area contributed by atoms with Crippen LogP contribution >= 0.6 is 0 Å². The Morgan fingerprint density at radius 1 is 1.17 bits per heavy atom. The Bertz CT molecular complexity index is 824. The second-order valence-electron chi connectivity index (χ2n) is 5.50. The summed E-state index contributed by atoms with van der Waals surface area (Å²) in [6, 6.07) is 17.0. The third-order valence-electron chi connectivity index (χ3n) is 3.67. The number of nitriles is 1. The molecule has 2 aromatic carbocycles. The second-order valence-corrected chi connectivity index (χ2v) is 7.35. The van der Waals surface area contributed by atoms with Gasteiger partial charge in [0.25, 0.3) is 0 Å². The first kappa shape index (κ1) is 18.1. The van der Waals surface area contributed by atoms with Crippen LogP contribution in [-0.2, 0) is 21.3 Å². The van der Waals surface area contributed by atoms with Crippen molar-refractivity contribution in [1.82, 2.24) is 4.72 Å². The molecule has 0 saturated heterocycles. The van der Waals surface area contributed by atoms with Crippen LogP contribution in [0.1, 0.15) is 18.1 Å². The predicted molar refractivity (Wildman–Crippen MR) is 93.7 cm³/mol. The summed E-state index contributed by atoms with van der Waals surface area (Å²) in [7, 11) is -1.90. The van der Waals surface area contributed by atoms with Crippen molar-refractivity contribution in [3.8, 4) is 17.2 Å². The van der Waals surface area contributed by atoms with E-state index in [9.17, 15) is 8.42 Å². The van der Waals surface area contributed by atoms with Gasteiger partial charge in [0.05, 0.1) is 23.5 Å². The molecule has 1 N–H and O–H groups in total. The van der Waals surface area contributed by atoms with Gasteiger partial charge in [0.2, 0.25) is 10.0 Å². The molecule has 0 aromatic heterocycles. The second kappa shape index (κ2) is 8.06. The van der Waals surface area contributed by atoms with E-state index in [1.165, 1.54) is 7.11 Å². The Morgan fingerprint density at radius 2 is 1.83 bits per heavy atom. The molecule has 24 heavy (non-hydrogen) atoms. The molecule has 0 aliphatic rings. The van der Waals surface area contributed by atoms with Crippen molar-refractivity contribution in [2.24, 2.45) is 0 Å². The molecule has 0 aliphatic heterocycles. The van der Waals surface area contributed by atoms with Gasteiger partial charge in [0.1, 0.15) is 0 Å².